The lowest BCUT2D eigenvalue weighted by Gasteiger charge is -2.42. The Hall–Kier alpha value is -1.30. The van der Waals surface area contributed by atoms with Gasteiger partial charge in [-0.05, 0) is 69.8 Å². The summed E-state index contributed by atoms with van der Waals surface area (Å²) in [6, 6.07) is 5.71. The maximum absolute atomic E-state index is 12.9. The van der Waals surface area contributed by atoms with Crippen LogP contribution in [0.5, 0.6) is 5.75 Å². The number of hydrogen-bond donors (Lipinski definition) is 1. The highest BCUT2D eigenvalue weighted by Crippen LogP contribution is 2.28. The predicted octanol–water partition coefficient (Wildman–Crippen LogP) is 3.05. The Morgan fingerprint density at radius 1 is 1.27 bits per heavy atom. The van der Waals surface area contributed by atoms with Crippen LogP contribution in [0.15, 0.2) is 18.2 Å². The molecule has 2 aliphatic rings. The highest BCUT2D eigenvalue weighted by Gasteiger charge is 2.30. The number of aliphatic hydroxyl groups excluding tert-OH is 1. The fraction of sp³-hybridized carbons (Fsp3) is 0.650. The minimum absolute atomic E-state index is 0.0462. The summed E-state index contributed by atoms with van der Waals surface area (Å²) >= 11 is 6.24. The topological polar surface area (TPSA) is 53.0 Å². The number of hydrogen-bond acceptors (Lipinski definition) is 4. The smallest absolute Gasteiger partial charge is 0.253 e. The molecule has 2 saturated heterocycles. The van der Waals surface area contributed by atoms with Gasteiger partial charge in [-0.25, -0.2) is 0 Å². The zero-order valence-electron chi connectivity index (χ0n) is 15.5. The van der Waals surface area contributed by atoms with Crippen LogP contribution < -0.4 is 4.74 Å². The summed E-state index contributed by atoms with van der Waals surface area (Å²) in [5.74, 6) is 1.11. The van der Waals surface area contributed by atoms with Crippen molar-refractivity contribution in [1.82, 2.24) is 9.80 Å². The molecule has 144 valence electrons. The molecular formula is C20H29ClN2O3. The largest absolute Gasteiger partial charge is 0.492 e. The third-order valence-electron chi connectivity index (χ3n) is 5.59. The summed E-state index contributed by atoms with van der Waals surface area (Å²) in [5, 5.41) is 9.80. The fourth-order valence-corrected chi connectivity index (χ4v) is 4.26. The second kappa shape index (κ2) is 9.07. The summed E-state index contributed by atoms with van der Waals surface area (Å²) in [6.07, 6.45) is 4.27. The van der Waals surface area contributed by atoms with Crippen LogP contribution in [0.3, 0.4) is 0 Å². The minimum atomic E-state index is 0.0462. The number of benzene rings is 1. The molecule has 1 amide bonds. The van der Waals surface area contributed by atoms with Crippen LogP contribution in [0, 0.1) is 5.92 Å². The van der Waals surface area contributed by atoms with Gasteiger partial charge >= 0.3 is 0 Å². The SMILES string of the molecule is CCOc1ccc(C(=O)N2CCCC(N3CCC(CO)CC3)C2)cc1Cl. The summed E-state index contributed by atoms with van der Waals surface area (Å²) in [4.78, 5) is 17.4. The lowest BCUT2D eigenvalue weighted by Crippen LogP contribution is -2.52. The molecule has 6 heteroatoms. The van der Waals surface area contributed by atoms with Gasteiger partial charge in [0.2, 0.25) is 0 Å². The Balaban J connectivity index is 1.62. The van der Waals surface area contributed by atoms with Gasteiger partial charge < -0.3 is 14.7 Å². The van der Waals surface area contributed by atoms with E-state index in [9.17, 15) is 9.90 Å². The van der Waals surface area contributed by atoms with Gasteiger partial charge in [0.1, 0.15) is 5.75 Å². The van der Waals surface area contributed by atoms with Gasteiger partial charge in [-0.3, -0.25) is 9.69 Å². The van der Waals surface area contributed by atoms with E-state index in [4.69, 9.17) is 16.3 Å². The van der Waals surface area contributed by atoms with E-state index in [0.717, 1.165) is 51.9 Å². The van der Waals surface area contributed by atoms with Gasteiger partial charge in [-0.2, -0.15) is 0 Å². The van der Waals surface area contributed by atoms with Gasteiger partial charge in [0.15, 0.2) is 0 Å². The first-order chi connectivity index (χ1) is 12.6. The van der Waals surface area contributed by atoms with E-state index in [1.165, 1.54) is 0 Å². The van der Waals surface area contributed by atoms with E-state index in [1.54, 1.807) is 18.2 Å². The highest BCUT2D eigenvalue weighted by molar-refractivity contribution is 6.32. The van der Waals surface area contributed by atoms with E-state index in [1.807, 2.05) is 11.8 Å². The molecule has 3 rings (SSSR count). The predicted molar refractivity (Wildman–Crippen MR) is 103 cm³/mol. The van der Waals surface area contributed by atoms with Crippen molar-refractivity contribution in [3.8, 4) is 5.75 Å². The monoisotopic (exact) mass is 380 g/mol. The van der Waals surface area contributed by atoms with Gasteiger partial charge in [0.05, 0.1) is 11.6 Å². The molecule has 0 bridgehead atoms. The number of nitrogens with zero attached hydrogens (tertiary/aromatic N) is 2. The molecule has 26 heavy (non-hydrogen) atoms. The van der Waals surface area contributed by atoms with Crippen LogP contribution in [0.1, 0.15) is 43.0 Å². The van der Waals surface area contributed by atoms with E-state index in [2.05, 4.69) is 4.90 Å². The Morgan fingerprint density at radius 2 is 2.04 bits per heavy atom. The standard InChI is InChI=1S/C20H29ClN2O3/c1-2-26-19-6-5-16(12-18(19)21)20(25)23-9-3-4-17(13-23)22-10-7-15(14-24)8-11-22/h5-6,12,15,17,24H,2-4,7-11,13-14H2,1H3. The highest BCUT2D eigenvalue weighted by atomic mass is 35.5. The lowest BCUT2D eigenvalue weighted by atomic mass is 9.94. The third kappa shape index (κ3) is 4.51. The number of rotatable bonds is 5. The second-order valence-corrected chi connectivity index (χ2v) is 7.69. The van der Waals surface area contributed by atoms with Gasteiger partial charge in [-0.1, -0.05) is 11.6 Å². The lowest BCUT2D eigenvalue weighted by molar-refractivity contribution is 0.0446. The maximum atomic E-state index is 12.9. The zero-order valence-corrected chi connectivity index (χ0v) is 16.2. The normalized spacial score (nSPS) is 22.4. The van der Waals surface area contributed by atoms with Crippen molar-refractivity contribution in [2.45, 2.75) is 38.6 Å². The van der Waals surface area contributed by atoms with Crippen LogP contribution in [-0.4, -0.2) is 66.2 Å². The molecular weight excluding hydrogens is 352 g/mol. The van der Waals surface area contributed by atoms with Crippen LogP contribution in [0.25, 0.3) is 0 Å². The summed E-state index contributed by atoms with van der Waals surface area (Å²) < 4.78 is 5.45. The molecule has 1 N–H and O–H groups in total. The molecule has 0 radical (unpaired) electrons. The molecule has 1 atom stereocenters. The van der Waals surface area contributed by atoms with Crippen LogP contribution in [0.2, 0.25) is 5.02 Å². The van der Waals surface area contributed by atoms with Crippen molar-refractivity contribution in [3.05, 3.63) is 28.8 Å². The molecule has 2 fully saturated rings. The minimum Gasteiger partial charge on any atom is -0.492 e. The van der Waals surface area contributed by atoms with Crippen molar-refractivity contribution in [1.29, 1.82) is 0 Å². The number of halogens is 1. The second-order valence-electron chi connectivity index (χ2n) is 7.29. The number of amides is 1. The van der Waals surface area contributed by atoms with Crippen molar-refractivity contribution in [3.63, 3.8) is 0 Å². The number of carbonyl (C=O) groups excluding carboxylic acids is 1. The Morgan fingerprint density at radius 3 is 2.69 bits per heavy atom. The van der Waals surface area contributed by atoms with Crippen molar-refractivity contribution in [2.24, 2.45) is 5.92 Å². The van der Waals surface area contributed by atoms with E-state index >= 15 is 0 Å². The molecule has 2 aliphatic heterocycles. The number of aliphatic hydroxyl groups is 1. The Kier molecular flexibility index (Phi) is 6.79. The van der Waals surface area contributed by atoms with Crippen LogP contribution >= 0.6 is 11.6 Å². The molecule has 1 aromatic carbocycles. The number of ether oxygens (including phenoxy) is 1. The summed E-state index contributed by atoms with van der Waals surface area (Å²) in [7, 11) is 0. The van der Waals surface area contributed by atoms with Gasteiger partial charge in [-0.15, -0.1) is 0 Å². The number of likely N-dealkylation sites (tertiary alicyclic amines) is 2. The molecule has 1 unspecified atom stereocenters. The molecule has 0 spiro atoms. The van der Waals surface area contributed by atoms with E-state index < -0.39 is 0 Å². The first kappa shape index (κ1) is 19.5. The van der Waals surface area contributed by atoms with Crippen LogP contribution in [0.4, 0.5) is 0 Å². The van der Waals surface area contributed by atoms with Crippen molar-refractivity contribution < 1.29 is 14.6 Å². The number of piperidine rings is 2. The third-order valence-corrected chi connectivity index (χ3v) is 5.88. The average molecular weight is 381 g/mol. The number of carbonyl (C=O) groups is 1. The quantitative estimate of drug-likeness (QED) is 0.853. The van der Waals surface area contributed by atoms with Gasteiger partial charge in [0, 0.05) is 31.3 Å². The maximum Gasteiger partial charge on any atom is 0.253 e. The molecule has 5 nitrogen and oxygen atoms in total. The fourth-order valence-electron chi connectivity index (χ4n) is 4.03. The first-order valence-electron chi connectivity index (χ1n) is 9.69. The zero-order chi connectivity index (χ0) is 18.5. The Bertz CT molecular complexity index is 617. The summed E-state index contributed by atoms with van der Waals surface area (Å²) in [6.45, 7) is 6.36. The van der Waals surface area contributed by atoms with Crippen molar-refractivity contribution in [2.75, 3.05) is 39.4 Å². The molecule has 1 aromatic rings. The first-order valence-corrected chi connectivity index (χ1v) is 10.1. The molecule has 0 aromatic heterocycles. The molecule has 0 aliphatic carbocycles. The summed E-state index contributed by atoms with van der Waals surface area (Å²) in [5.41, 5.74) is 0.623. The van der Waals surface area contributed by atoms with Crippen molar-refractivity contribution >= 4 is 17.5 Å². The Labute approximate surface area is 160 Å². The van der Waals surface area contributed by atoms with Gasteiger partial charge in [0.25, 0.3) is 5.91 Å². The van der Waals surface area contributed by atoms with E-state index in [0.29, 0.717) is 41.5 Å². The molecule has 2 heterocycles. The van der Waals surface area contributed by atoms with Crippen LogP contribution in [-0.2, 0) is 0 Å². The van der Waals surface area contributed by atoms with E-state index in [-0.39, 0.29) is 5.91 Å². The molecule has 0 saturated carbocycles. The average Bonchev–Trinajstić information content (AvgIpc) is 2.69.